The molecule has 0 spiro atoms. The fourth-order valence-corrected chi connectivity index (χ4v) is 8.76. The highest BCUT2D eigenvalue weighted by Gasteiger charge is 2.32. The van der Waals surface area contributed by atoms with E-state index in [1.54, 1.807) is 61.8 Å². The summed E-state index contributed by atoms with van der Waals surface area (Å²) < 4.78 is 11.5. The van der Waals surface area contributed by atoms with Gasteiger partial charge in [-0.25, -0.2) is 0 Å². The van der Waals surface area contributed by atoms with Crippen LogP contribution in [0.3, 0.4) is 0 Å². The number of fused-ring (bicyclic) bond motifs is 1. The average Bonchev–Trinajstić information content (AvgIpc) is 3.40. The van der Waals surface area contributed by atoms with E-state index in [1.165, 1.54) is 0 Å². The van der Waals surface area contributed by atoms with E-state index in [2.05, 4.69) is 49.1 Å². The minimum Gasteiger partial charge on any atom is -0.497 e. The Labute approximate surface area is 455 Å². The second-order valence-electron chi connectivity index (χ2n) is 20.9. The predicted molar refractivity (Wildman–Crippen MR) is 303 cm³/mol. The second-order valence-corrected chi connectivity index (χ2v) is 20.9. The number of ether oxygens (including phenoxy) is 2. The Balaban J connectivity index is 1.32. The molecule has 0 bridgehead atoms. The zero-order valence-electron chi connectivity index (χ0n) is 46.8. The molecule has 6 amide bonds. The number of unbranched alkanes of at least 4 members (excludes halogenated alkanes) is 2. The van der Waals surface area contributed by atoms with Gasteiger partial charge in [0.05, 0.1) is 36.9 Å². The number of anilines is 1. The summed E-state index contributed by atoms with van der Waals surface area (Å²) in [5, 5.41) is 33.0. The Morgan fingerprint density at radius 3 is 1.90 bits per heavy atom. The number of hydrogen-bond donors (Lipinski definition) is 9. The molecule has 7 atom stereocenters. The molecule has 10 N–H and O–H groups in total. The van der Waals surface area contributed by atoms with Gasteiger partial charge in [-0.2, -0.15) is 0 Å². The van der Waals surface area contributed by atoms with Crippen LogP contribution < -0.4 is 52.4 Å². The number of benzene rings is 3. The number of pyridine rings is 1. The molecule has 0 radical (unpaired) electrons. The zero-order valence-corrected chi connectivity index (χ0v) is 46.8. The van der Waals surface area contributed by atoms with E-state index in [0.29, 0.717) is 87.2 Å². The number of nitrogens with one attached hydrogen (secondary N) is 7. The number of rotatable bonds is 34. The molecule has 0 aliphatic carbocycles. The molecule has 4 aromatic rings. The van der Waals surface area contributed by atoms with Crippen LogP contribution in [0, 0.1) is 17.8 Å². The van der Waals surface area contributed by atoms with Crippen molar-refractivity contribution >= 4 is 52.0 Å². The molecular formula is C59H87N9O9. The van der Waals surface area contributed by atoms with Crippen molar-refractivity contribution in [3.63, 3.8) is 0 Å². The molecule has 0 saturated carbocycles. The van der Waals surface area contributed by atoms with Crippen molar-refractivity contribution in [3.8, 4) is 17.2 Å². The second kappa shape index (κ2) is 32.7. The Morgan fingerprint density at radius 2 is 1.30 bits per heavy atom. The number of nitrogens with zero attached hydrogens (tertiary/aromatic N) is 1. The summed E-state index contributed by atoms with van der Waals surface area (Å²) in [7, 11) is 1.63. The molecule has 1 unspecified atom stereocenters. The summed E-state index contributed by atoms with van der Waals surface area (Å²) in [6, 6.07) is 17.3. The Hall–Kier alpha value is -6.79. The maximum Gasteiger partial charge on any atom is 0.251 e. The Bertz CT molecular complexity index is 2490. The third kappa shape index (κ3) is 21.3. The van der Waals surface area contributed by atoms with Crippen molar-refractivity contribution in [2.75, 3.05) is 32.1 Å². The maximum atomic E-state index is 13.9. The predicted octanol–water partition coefficient (Wildman–Crippen LogP) is 7.53. The number of hydrogen-bond acceptors (Lipinski definition) is 12. The summed E-state index contributed by atoms with van der Waals surface area (Å²) >= 11 is 0. The van der Waals surface area contributed by atoms with Gasteiger partial charge in [0.2, 0.25) is 23.6 Å². The number of aliphatic hydroxyl groups is 1. The van der Waals surface area contributed by atoms with Crippen LogP contribution in [0.2, 0.25) is 0 Å². The van der Waals surface area contributed by atoms with Gasteiger partial charge in [0.25, 0.3) is 11.8 Å². The number of carbonyl (C=O) groups is 6. The van der Waals surface area contributed by atoms with Crippen LogP contribution in [0.4, 0.5) is 5.69 Å². The number of amides is 6. The summed E-state index contributed by atoms with van der Waals surface area (Å²) in [4.78, 5) is 85.5. The van der Waals surface area contributed by atoms with Crippen molar-refractivity contribution in [2.24, 2.45) is 23.5 Å². The average molecular weight is 1070 g/mol. The van der Waals surface area contributed by atoms with Gasteiger partial charge in [-0.1, -0.05) is 67.4 Å². The fraction of sp³-hybridized carbons (Fsp3) is 0.542. The maximum absolute atomic E-state index is 13.9. The van der Waals surface area contributed by atoms with Crippen molar-refractivity contribution in [1.29, 1.82) is 0 Å². The molecule has 0 saturated heterocycles. The van der Waals surface area contributed by atoms with E-state index < -0.39 is 53.9 Å². The highest BCUT2D eigenvalue weighted by atomic mass is 16.5. The topological polar surface area (TPSA) is 264 Å². The quantitative estimate of drug-likeness (QED) is 0.0206. The molecule has 0 fully saturated rings. The normalized spacial score (nSPS) is 14.0. The van der Waals surface area contributed by atoms with Crippen molar-refractivity contribution in [1.82, 2.24) is 36.9 Å². The van der Waals surface area contributed by atoms with Gasteiger partial charge in [-0.05, 0) is 143 Å². The lowest BCUT2D eigenvalue weighted by atomic mass is 9.94. The van der Waals surface area contributed by atoms with E-state index in [4.69, 9.17) is 15.2 Å². The lowest BCUT2D eigenvalue weighted by Gasteiger charge is -2.30. The first kappa shape index (κ1) is 62.7. The summed E-state index contributed by atoms with van der Waals surface area (Å²) in [6.07, 6.45) is 6.75. The van der Waals surface area contributed by atoms with Crippen LogP contribution >= 0.6 is 0 Å². The number of nitrogens with two attached hydrogens (primary N) is 1. The van der Waals surface area contributed by atoms with Crippen LogP contribution in [-0.2, 0) is 19.2 Å². The first-order valence-corrected chi connectivity index (χ1v) is 27.6. The number of aliphatic hydroxyl groups excluding tert-OH is 1. The standard InChI is InChI=1S/C59H87N9O9/c1-10-12-29-61-52(70)36-51(69)48(32-37(3)4)66-59(75)53(39(7)11-2)68-56(72)42-22-26-45(27-23-42)77-44-24-20-41(21-25-44)55(71)67-50(33-38(5)6)58(74)65-47(19-13-14-28-60)57(73)63-31-15-17-40(8)64-49-35-46(76-9)34-43-18-16-30-62-54(43)49/h16,18,20-27,30,34-35,37-40,47-48,50-51,53,64,69H,10-15,17,19,28-29,31-33,36,60H2,1-9H3,(H,61,70)(H,63,73)(H,65,74)(H,66,75)(H,67,71)(H,68,72)/t39-,40?,47-,48+,50-,51+,53+/m1/s1. The molecule has 0 aliphatic rings. The van der Waals surface area contributed by atoms with E-state index >= 15 is 0 Å². The zero-order chi connectivity index (χ0) is 56.4. The van der Waals surface area contributed by atoms with E-state index in [9.17, 15) is 33.9 Å². The molecule has 18 heteroatoms. The lowest BCUT2D eigenvalue weighted by Crippen LogP contribution is -2.55. The van der Waals surface area contributed by atoms with Crippen molar-refractivity contribution < 1.29 is 43.3 Å². The third-order valence-corrected chi connectivity index (χ3v) is 13.4. The lowest BCUT2D eigenvalue weighted by molar-refractivity contribution is -0.130. The number of aromatic nitrogens is 1. The minimum atomic E-state index is -1.11. The van der Waals surface area contributed by atoms with Gasteiger partial charge >= 0.3 is 0 Å². The highest BCUT2D eigenvalue weighted by molar-refractivity contribution is 5.99. The first-order valence-electron chi connectivity index (χ1n) is 27.6. The largest absolute Gasteiger partial charge is 0.497 e. The molecule has 3 aromatic carbocycles. The molecular weight excluding hydrogens is 979 g/mol. The van der Waals surface area contributed by atoms with E-state index in [0.717, 1.165) is 41.6 Å². The molecule has 0 aliphatic heterocycles. The molecule has 18 nitrogen and oxygen atoms in total. The molecule has 1 heterocycles. The van der Waals surface area contributed by atoms with Gasteiger partial charge in [0, 0.05) is 47.9 Å². The molecule has 1 aromatic heterocycles. The molecule has 422 valence electrons. The molecule has 4 rings (SSSR count). The first-order chi connectivity index (χ1) is 36.8. The van der Waals surface area contributed by atoms with Gasteiger partial charge in [-0.15, -0.1) is 0 Å². The summed E-state index contributed by atoms with van der Waals surface area (Å²) in [5.74, 6) is -0.957. The Kier molecular flexibility index (Phi) is 26.7. The van der Waals surface area contributed by atoms with Gasteiger partial charge in [0.15, 0.2) is 0 Å². The summed E-state index contributed by atoms with van der Waals surface area (Å²) in [5.41, 5.74) is 8.07. The highest BCUT2D eigenvalue weighted by Crippen LogP contribution is 2.29. The summed E-state index contributed by atoms with van der Waals surface area (Å²) in [6.45, 7) is 17.1. The number of methoxy groups -OCH3 is 1. The van der Waals surface area contributed by atoms with E-state index in [-0.39, 0.29) is 42.0 Å². The third-order valence-electron chi connectivity index (χ3n) is 13.4. The number of carbonyl (C=O) groups excluding carboxylic acids is 6. The molecule has 77 heavy (non-hydrogen) atoms. The van der Waals surface area contributed by atoms with Crippen LogP contribution in [0.1, 0.15) is 147 Å². The van der Waals surface area contributed by atoms with Crippen LogP contribution in [-0.4, -0.2) is 109 Å². The van der Waals surface area contributed by atoms with Crippen molar-refractivity contribution in [3.05, 3.63) is 90.1 Å². The minimum absolute atomic E-state index is 0.0417. The van der Waals surface area contributed by atoms with E-state index in [1.807, 2.05) is 72.7 Å². The monoisotopic (exact) mass is 1070 g/mol. The van der Waals surface area contributed by atoms with Crippen LogP contribution in [0.15, 0.2) is 79.0 Å². The Morgan fingerprint density at radius 1 is 0.662 bits per heavy atom. The fourth-order valence-electron chi connectivity index (χ4n) is 8.76. The SMILES string of the molecule is CCCCNC(=O)C[C@H](O)[C@H](CC(C)C)NC(=O)[C@@H](NC(=O)c1ccc(Oc2ccc(C(=O)N[C@H](CC(C)C)C(=O)N[C@H](CCCCN)C(=O)NCCCC(C)Nc3cc(OC)cc4cccnc34)cc2)cc1)[C@H](C)CC. The van der Waals surface area contributed by atoms with Gasteiger partial charge in [-0.3, -0.25) is 33.8 Å². The smallest absolute Gasteiger partial charge is 0.251 e. The van der Waals surface area contributed by atoms with Gasteiger partial charge < -0.3 is 57.5 Å². The van der Waals surface area contributed by atoms with Crippen LogP contribution in [0.25, 0.3) is 10.9 Å². The van der Waals surface area contributed by atoms with Crippen LogP contribution in [0.5, 0.6) is 17.2 Å². The van der Waals surface area contributed by atoms with Gasteiger partial charge in [0.1, 0.15) is 35.4 Å². The van der Waals surface area contributed by atoms with Crippen molar-refractivity contribution in [2.45, 2.75) is 162 Å².